The predicted molar refractivity (Wildman–Crippen MR) is 77.9 cm³/mol. The third-order valence-electron chi connectivity index (χ3n) is 3.21. The molecule has 2 aromatic carbocycles. The van der Waals surface area contributed by atoms with Crippen molar-refractivity contribution in [1.29, 1.82) is 0 Å². The maximum Gasteiger partial charge on any atom is 0.253 e. The van der Waals surface area contributed by atoms with Gasteiger partial charge in [-0.2, -0.15) is 0 Å². The molecule has 0 spiro atoms. The van der Waals surface area contributed by atoms with E-state index >= 15 is 0 Å². The summed E-state index contributed by atoms with van der Waals surface area (Å²) in [4.78, 5) is 12.2. The van der Waals surface area contributed by atoms with Gasteiger partial charge in [-0.15, -0.1) is 0 Å². The molecule has 1 atom stereocenters. The molecule has 0 bridgehead atoms. The van der Waals surface area contributed by atoms with Gasteiger partial charge in [0, 0.05) is 5.69 Å². The normalized spacial score (nSPS) is 11.9. The summed E-state index contributed by atoms with van der Waals surface area (Å²) in [5.41, 5.74) is 9.10. The van der Waals surface area contributed by atoms with Gasteiger partial charge in [0.1, 0.15) is 0 Å². The first-order valence-electron chi connectivity index (χ1n) is 6.30. The molecule has 0 aliphatic carbocycles. The Bertz CT molecular complexity index is 593. The van der Waals surface area contributed by atoms with Gasteiger partial charge in [0.2, 0.25) is 0 Å². The zero-order valence-corrected chi connectivity index (χ0v) is 11.2. The quantitative estimate of drug-likeness (QED) is 0.827. The van der Waals surface area contributed by atoms with E-state index in [1.54, 1.807) is 12.1 Å². The minimum absolute atomic E-state index is 0.0479. The van der Waals surface area contributed by atoms with Crippen LogP contribution in [0.2, 0.25) is 0 Å². The first-order valence-corrected chi connectivity index (χ1v) is 6.30. The van der Waals surface area contributed by atoms with Crippen LogP contribution in [0.1, 0.15) is 34.5 Å². The van der Waals surface area contributed by atoms with E-state index in [1.807, 2.05) is 50.2 Å². The number of nitrogens with two attached hydrogens (primary N) is 1. The highest BCUT2D eigenvalue weighted by atomic mass is 16.1. The van der Waals surface area contributed by atoms with Crippen LogP contribution in [0.3, 0.4) is 0 Å². The number of benzene rings is 2. The van der Waals surface area contributed by atoms with E-state index in [2.05, 4.69) is 5.32 Å². The standard InChI is InChI=1S/C16H18N2O/c1-11-7-3-4-8-13(11)12(2)18-16(19)14-9-5-6-10-15(14)17/h3-10,12H,17H2,1-2H3,(H,18,19)/t12-/m1/s1. The minimum Gasteiger partial charge on any atom is -0.398 e. The van der Waals surface area contributed by atoms with E-state index in [4.69, 9.17) is 5.73 Å². The molecule has 19 heavy (non-hydrogen) atoms. The minimum atomic E-state index is -0.145. The molecule has 3 N–H and O–H groups in total. The van der Waals surface area contributed by atoms with Crippen LogP contribution in [0.5, 0.6) is 0 Å². The zero-order valence-electron chi connectivity index (χ0n) is 11.2. The van der Waals surface area contributed by atoms with Gasteiger partial charge < -0.3 is 11.1 Å². The van der Waals surface area contributed by atoms with Gasteiger partial charge >= 0.3 is 0 Å². The molecule has 0 heterocycles. The molecule has 0 unspecified atom stereocenters. The summed E-state index contributed by atoms with van der Waals surface area (Å²) in [5, 5.41) is 2.98. The number of para-hydroxylation sites is 1. The molecule has 98 valence electrons. The Morgan fingerprint density at radius 1 is 1.11 bits per heavy atom. The predicted octanol–water partition coefficient (Wildman–Crippen LogP) is 3.07. The lowest BCUT2D eigenvalue weighted by Crippen LogP contribution is -2.27. The van der Waals surface area contributed by atoms with Crippen LogP contribution in [0, 0.1) is 6.92 Å². The lowest BCUT2D eigenvalue weighted by atomic mass is 10.0. The zero-order chi connectivity index (χ0) is 13.8. The van der Waals surface area contributed by atoms with Gasteiger partial charge in [-0.3, -0.25) is 4.79 Å². The number of amides is 1. The van der Waals surface area contributed by atoms with Crippen molar-refractivity contribution in [3.8, 4) is 0 Å². The fourth-order valence-corrected chi connectivity index (χ4v) is 2.13. The summed E-state index contributed by atoms with van der Waals surface area (Å²) in [6.07, 6.45) is 0. The highest BCUT2D eigenvalue weighted by Gasteiger charge is 2.14. The maximum atomic E-state index is 12.2. The Morgan fingerprint density at radius 2 is 1.74 bits per heavy atom. The van der Waals surface area contributed by atoms with Crippen molar-refractivity contribution in [2.45, 2.75) is 19.9 Å². The lowest BCUT2D eigenvalue weighted by Gasteiger charge is -2.17. The third kappa shape index (κ3) is 2.94. The highest BCUT2D eigenvalue weighted by molar-refractivity contribution is 5.99. The fourth-order valence-electron chi connectivity index (χ4n) is 2.13. The average Bonchev–Trinajstić information content (AvgIpc) is 2.39. The third-order valence-corrected chi connectivity index (χ3v) is 3.21. The number of aryl methyl sites for hydroxylation is 1. The lowest BCUT2D eigenvalue weighted by molar-refractivity contribution is 0.0940. The van der Waals surface area contributed by atoms with Crippen molar-refractivity contribution in [2.24, 2.45) is 0 Å². The van der Waals surface area contributed by atoms with Crippen LogP contribution in [0.4, 0.5) is 5.69 Å². The second kappa shape index (κ2) is 5.57. The van der Waals surface area contributed by atoms with Crippen LogP contribution in [0.25, 0.3) is 0 Å². The molecule has 0 radical (unpaired) electrons. The van der Waals surface area contributed by atoms with Gasteiger partial charge in [-0.25, -0.2) is 0 Å². The van der Waals surface area contributed by atoms with E-state index in [0.717, 1.165) is 11.1 Å². The topological polar surface area (TPSA) is 55.1 Å². The molecule has 3 nitrogen and oxygen atoms in total. The van der Waals surface area contributed by atoms with Crippen molar-refractivity contribution >= 4 is 11.6 Å². The Balaban J connectivity index is 2.16. The van der Waals surface area contributed by atoms with E-state index in [0.29, 0.717) is 11.3 Å². The largest absolute Gasteiger partial charge is 0.398 e. The van der Waals surface area contributed by atoms with Crippen LogP contribution in [-0.2, 0) is 0 Å². The summed E-state index contributed by atoms with van der Waals surface area (Å²) in [6, 6.07) is 15.1. The highest BCUT2D eigenvalue weighted by Crippen LogP contribution is 2.18. The Kier molecular flexibility index (Phi) is 3.85. The summed E-state index contributed by atoms with van der Waals surface area (Å²) >= 11 is 0. The molecule has 0 aromatic heterocycles. The molecule has 0 aliphatic rings. The molecule has 2 aromatic rings. The number of nitrogen functional groups attached to an aromatic ring is 1. The monoisotopic (exact) mass is 254 g/mol. The van der Waals surface area contributed by atoms with E-state index in [-0.39, 0.29) is 11.9 Å². The molecular weight excluding hydrogens is 236 g/mol. The number of rotatable bonds is 3. The summed E-state index contributed by atoms with van der Waals surface area (Å²) in [5.74, 6) is -0.145. The summed E-state index contributed by atoms with van der Waals surface area (Å²) in [7, 11) is 0. The van der Waals surface area contributed by atoms with Crippen LogP contribution < -0.4 is 11.1 Å². The molecular formula is C16H18N2O. The summed E-state index contributed by atoms with van der Waals surface area (Å²) < 4.78 is 0. The van der Waals surface area contributed by atoms with Gasteiger partial charge in [-0.05, 0) is 37.1 Å². The van der Waals surface area contributed by atoms with E-state index in [1.165, 1.54) is 0 Å². The van der Waals surface area contributed by atoms with Crippen molar-refractivity contribution in [3.63, 3.8) is 0 Å². The first kappa shape index (κ1) is 13.1. The van der Waals surface area contributed by atoms with E-state index < -0.39 is 0 Å². The Morgan fingerprint density at radius 3 is 2.42 bits per heavy atom. The number of anilines is 1. The SMILES string of the molecule is Cc1ccccc1[C@@H](C)NC(=O)c1ccccc1N. The second-order valence-electron chi connectivity index (χ2n) is 4.64. The molecule has 0 saturated carbocycles. The van der Waals surface area contributed by atoms with Crippen LogP contribution in [-0.4, -0.2) is 5.91 Å². The van der Waals surface area contributed by atoms with Gasteiger partial charge in [0.25, 0.3) is 5.91 Å². The number of hydrogen-bond donors (Lipinski definition) is 2. The number of nitrogens with one attached hydrogen (secondary N) is 1. The molecule has 0 saturated heterocycles. The number of hydrogen-bond acceptors (Lipinski definition) is 2. The van der Waals surface area contributed by atoms with Crippen molar-refractivity contribution < 1.29 is 4.79 Å². The van der Waals surface area contributed by atoms with Crippen LogP contribution >= 0.6 is 0 Å². The smallest absolute Gasteiger partial charge is 0.253 e. The molecule has 0 aliphatic heterocycles. The van der Waals surface area contributed by atoms with Gasteiger partial charge in [-0.1, -0.05) is 36.4 Å². The van der Waals surface area contributed by atoms with Crippen molar-refractivity contribution in [3.05, 3.63) is 65.2 Å². The summed E-state index contributed by atoms with van der Waals surface area (Å²) in [6.45, 7) is 4.01. The Hall–Kier alpha value is -2.29. The molecule has 0 fully saturated rings. The van der Waals surface area contributed by atoms with Gasteiger partial charge in [0.15, 0.2) is 0 Å². The average molecular weight is 254 g/mol. The maximum absolute atomic E-state index is 12.2. The first-order chi connectivity index (χ1) is 9.09. The number of carbonyl (C=O) groups excluding carboxylic acids is 1. The molecule has 3 heteroatoms. The van der Waals surface area contributed by atoms with Crippen LogP contribution in [0.15, 0.2) is 48.5 Å². The number of carbonyl (C=O) groups is 1. The van der Waals surface area contributed by atoms with Crippen molar-refractivity contribution in [2.75, 3.05) is 5.73 Å². The Labute approximate surface area is 113 Å². The molecule has 2 rings (SSSR count). The fraction of sp³-hybridized carbons (Fsp3) is 0.188. The van der Waals surface area contributed by atoms with Crippen molar-refractivity contribution in [1.82, 2.24) is 5.32 Å². The van der Waals surface area contributed by atoms with E-state index in [9.17, 15) is 4.79 Å². The second-order valence-corrected chi connectivity index (χ2v) is 4.64. The molecule has 1 amide bonds. The van der Waals surface area contributed by atoms with Gasteiger partial charge in [0.05, 0.1) is 11.6 Å².